The van der Waals surface area contributed by atoms with E-state index in [4.69, 9.17) is 22.1 Å². The summed E-state index contributed by atoms with van der Waals surface area (Å²) in [6.07, 6.45) is -0.588. The van der Waals surface area contributed by atoms with Crippen molar-refractivity contribution >= 4 is 11.6 Å². The Kier molecular flexibility index (Phi) is 4.35. The quantitative estimate of drug-likeness (QED) is 0.929. The van der Waals surface area contributed by atoms with Crippen LogP contribution < -0.4 is 10.5 Å². The Bertz CT molecular complexity index is 577. The van der Waals surface area contributed by atoms with Crippen molar-refractivity contribution in [3.8, 4) is 5.75 Å². The second kappa shape index (κ2) is 5.99. The number of halogens is 3. The lowest BCUT2D eigenvalue weighted by molar-refractivity contribution is 0.203. The fourth-order valence-corrected chi connectivity index (χ4v) is 1.88. The van der Waals surface area contributed by atoms with Crippen molar-refractivity contribution in [2.45, 2.75) is 6.10 Å². The van der Waals surface area contributed by atoms with Crippen molar-refractivity contribution in [2.75, 3.05) is 6.54 Å². The van der Waals surface area contributed by atoms with Gasteiger partial charge in [-0.1, -0.05) is 23.7 Å². The molecule has 1 unspecified atom stereocenters. The Balaban J connectivity index is 2.26. The minimum atomic E-state index is -0.637. The molecule has 0 aliphatic heterocycles. The molecule has 2 aromatic carbocycles. The third-order valence-electron chi connectivity index (χ3n) is 2.60. The minimum Gasteiger partial charge on any atom is -0.481 e. The van der Waals surface area contributed by atoms with E-state index in [2.05, 4.69) is 0 Å². The van der Waals surface area contributed by atoms with Crippen molar-refractivity contribution < 1.29 is 13.5 Å². The van der Waals surface area contributed by atoms with Gasteiger partial charge in [0.15, 0.2) is 11.6 Å². The maximum Gasteiger partial charge on any atom is 0.165 e. The molecule has 0 radical (unpaired) electrons. The smallest absolute Gasteiger partial charge is 0.165 e. The van der Waals surface area contributed by atoms with Gasteiger partial charge >= 0.3 is 0 Å². The summed E-state index contributed by atoms with van der Waals surface area (Å²) < 4.78 is 32.0. The van der Waals surface area contributed by atoms with E-state index in [-0.39, 0.29) is 12.3 Å². The summed E-state index contributed by atoms with van der Waals surface area (Å²) in [7, 11) is 0. The van der Waals surface area contributed by atoms with Crippen molar-refractivity contribution in [3.63, 3.8) is 0 Å². The second-order valence-corrected chi connectivity index (χ2v) is 4.41. The van der Waals surface area contributed by atoms with Crippen molar-refractivity contribution in [2.24, 2.45) is 5.73 Å². The maximum absolute atomic E-state index is 13.5. The number of hydrogen-bond donors (Lipinski definition) is 1. The van der Waals surface area contributed by atoms with Crippen LogP contribution in [0.3, 0.4) is 0 Å². The van der Waals surface area contributed by atoms with Gasteiger partial charge in [0.1, 0.15) is 11.9 Å². The second-order valence-electron chi connectivity index (χ2n) is 3.97. The van der Waals surface area contributed by atoms with E-state index in [0.717, 1.165) is 18.2 Å². The fraction of sp³-hybridized carbons (Fsp3) is 0.143. The van der Waals surface area contributed by atoms with Crippen LogP contribution >= 0.6 is 11.6 Å². The number of rotatable bonds is 4. The molecular formula is C14H12ClF2NO. The largest absolute Gasteiger partial charge is 0.481 e. The SMILES string of the molecule is NCC(Oc1cc(F)ccc1F)c1cccc(Cl)c1. The molecule has 0 aliphatic rings. The highest BCUT2D eigenvalue weighted by molar-refractivity contribution is 6.30. The van der Waals surface area contributed by atoms with E-state index in [0.29, 0.717) is 10.6 Å². The maximum atomic E-state index is 13.5. The zero-order chi connectivity index (χ0) is 13.8. The zero-order valence-corrected chi connectivity index (χ0v) is 10.7. The molecule has 2 nitrogen and oxygen atoms in total. The van der Waals surface area contributed by atoms with Crippen molar-refractivity contribution in [1.82, 2.24) is 0 Å². The fourth-order valence-electron chi connectivity index (χ4n) is 1.68. The summed E-state index contributed by atoms with van der Waals surface area (Å²) in [5.41, 5.74) is 6.31. The van der Waals surface area contributed by atoms with E-state index in [9.17, 15) is 8.78 Å². The minimum absolute atomic E-state index is 0.121. The highest BCUT2D eigenvalue weighted by Gasteiger charge is 2.15. The number of benzene rings is 2. The van der Waals surface area contributed by atoms with Crippen LogP contribution in [0.2, 0.25) is 5.02 Å². The van der Waals surface area contributed by atoms with Gasteiger partial charge in [-0.25, -0.2) is 8.78 Å². The molecule has 2 aromatic rings. The Morgan fingerprint density at radius 2 is 1.95 bits per heavy atom. The summed E-state index contributed by atoms with van der Waals surface area (Å²) >= 11 is 5.87. The molecule has 0 saturated heterocycles. The molecule has 1 atom stereocenters. The van der Waals surface area contributed by atoms with Gasteiger partial charge in [0.25, 0.3) is 0 Å². The molecule has 100 valence electrons. The summed E-state index contributed by atoms with van der Waals surface area (Å²) in [5, 5.41) is 0.527. The Hall–Kier alpha value is -1.65. The van der Waals surface area contributed by atoms with Gasteiger partial charge in [-0.05, 0) is 29.8 Å². The van der Waals surface area contributed by atoms with Crippen LogP contribution in [-0.4, -0.2) is 6.54 Å². The Labute approximate surface area is 114 Å². The van der Waals surface area contributed by atoms with Crippen LogP contribution in [0, 0.1) is 11.6 Å². The highest BCUT2D eigenvalue weighted by atomic mass is 35.5. The number of nitrogens with two attached hydrogens (primary N) is 1. The summed E-state index contributed by atoms with van der Waals surface area (Å²) in [4.78, 5) is 0. The standard InChI is InChI=1S/C14H12ClF2NO/c15-10-3-1-2-9(6-10)14(8-18)19-13-7-11(16)4-5-12(13)17/h1-7,14H,8,18H2. The van der Waals surface area contributed by atoms with Crippen LogP contribution in [0.15, 0.2) is 42.5 Å². The predicted octanol–water partition coefficient (Wildman–Crippen LogP) is 3.70. The van der Waals surface area contributed by atoms with Crippen LogP contribution in [0.5, 0.6) is 5.75 Å². The molecule has 0 spiro atoms. The van der Waals surface area contributed by atoms with Gasteiger partial charge in [-0.15, -0.1) is 0 Å². The van der Waals surface area contributed by atoms with Crippen molar-refractivity contribution in [3.05, 3.63) is 64.7 Å². The predicted molar refractivity (Wildman–Crippen MR) is 70.2 cm³/mol. The van der Waals surface area contributed by atoms with E-state index < -0.39 is 17.7 Å². The third kappa shape index (κ3) is 3.43. The molecule has 2 N–H and O–H groups in total. The van der Waals surface area contributed by atoms with Gasteiger partial charge in [0.05, 0.1) is 0 Å². The Morgan fingerprint density at radius 3 is 2.63 bits per heavy atom. The number of hydrogen-bond acceptors (Lipinski definition) is 2. The lowest BCUT2D eigenvalue weighted by atomic mass is 10.1. The topological polar surface area (TPSA) is 35.2 Å². The monoisotopic (exact) mass is 283 g/mol. The van der Waals surface area contributed by atoms with Crippen LogP contribution in [0.4, 0.5) is 8.78 Å². The Morgan fingerprint density at radius 1 is 1.16 bits per heavy atom. The molecule has 0 aliphatic carbocycles. The number of ether oxygens (including phenoxy) is 1. The summed E-state index contributed by atoms with van der Waals surface area (Å²) in [5.74, 6) is -1.38. The lowest BCUT2D eigenvalue weighted by Crippen LogP contribution is -2.19. The van der Waals surface area contributed by atoms with Gasteiger partial charge < -0.3 is 10.5 Å². The average molecular weight is 284 g/mol. The lowest BCUT2D eigenvalue weighted by Gasteiger charge is -2.18. The van der Waals surface area contributed by atoms with Crippen molar-refractivity contribution in [1.29, 1.82) is 0 Å². The zero-order valence-electron chi connectivity index (χ0n) is 9.95. The van der Waals surface area contributed by atoms with E-state index in [1.54, 1.807) is 24.3 Å². The van der Waals surface area contributed by atoms with Crippen LogP contribution in [0.1, 0.15) is 11.7 Å². The summed E-state index contributed by atoms with van der Waals surface area (Å²) in [6.45, 7) is 0.121. The van der Waals surface area contributed by atoms with E-state index in [1.165, 1.54) is 0 Å². The molecule has 19 heavy (non-hydrogen) atoms. The van der Waals surface area contributed by atoms with Gasteiger partial charge in [-0.3, -0.25) is 0 Å². The van der Waals surface area contributed by atoms with Gasteiger partial charge in [0, 0.05) is 17.6 Å². The molecule has 0 aromatic heterocycles. The summed E-state index contributed by atoms with van der Waals surface area (Å²) in [6, 6.07) is 9.92. The molecule has 0 bridgehead atoms. The van der Waals surface area contributed by atoms with Gasteiger partial charge in [-0.2, -0.15) is 0 Å². The van der Waals surface area contributed by atoms with Crippen LogP contribution in [0.25, 0.3) is 0 Å². The molecule has 0 fully saturated rings. The third-order valence-corrected chi connectivity index (χ3v) is 2.83. The molecular weight excluding hydrogens is 272 g/mol. The highest BCUT2D eigenvalue weighted by Crippen LogP contribution is 2.26. The van der Waals surface area contributed by atoms with Gasteiger partial charge in [0.2, 0.25) is 0 Å². The first kappa shape index (κ1) is 13.8. The molecule has 5 heteroatoms. The molecule has 0 saturated carbocycles. The molecule has 2 rings (SSSR count). The first-order chi connectivity index (χ1) is 9.10. The normalized spacial score (nSPS) is 12.2. The van der Waals surface area contributed by atoms with E-state index >= 15 is 0 Å². The van der Waals surface area contributed by atoms with E-state index in [1.807, 2.05) is 0 Å². The molecule has 0 amide bonds. The molecule has 0 heterocycles. The average Bonchev–Trinajstić information content (AvgIpc) is 2.39. The first-order valence-electron chi connectivity index (χ1n) is 5.67. The first-order valence-corrected chi connectivity index (χ1v) is 6.05. The van der Waals surface area contributed by atoms with Crippen LogP contribution in [-0.2, 0) is 0 Å².